The largest absolute Gasteiger partial charge is 0.369 e. The molecule has 0 spiro atoms. The standard InChI is InChI=1S/C13H22.4C2H6.36Y/c1-9(2)13(10(3)4,11(5)6)12(7)8;4*1-2;;;;;;;;;;;;;;;;;;;;;;;;;;;;;;;;;;;;/h9-12H,1-5,7H2,6,8H3;4*1-2H3;;;;;;;;;;;;;;;;;;;;;;;;;;;;;;;;;;;;/q-6;;;;;;;;;;;;;;;;;;;;;;;;;;;;;;;;;;;;;;;;. The summed E-state index contributed by atoms with van der Waals surface area (Å²) in [6.45, 7) is 44.3. The minimum Gasteiger partial charge on any atom is -0.369 e. The zero-order valence-corrected chi connectivity index (χ0v) is 140. The third-order valence-electron chi connectivity index (χ3n) is 3.12. The topological polar surface area (TPSA) is 0 Å². The van der Waals surface area contributed by atoms with E-state index in [2.05, 4.69) is 55.4 Å². The SMILES string of the molecule is CC.CC.CC.CC.[CH2-]C([CH2-])C(C([CH2-])[CH2-])(C([CH2-])C)C([CH2-])C.[Y].[Y].[Y].[Y].[Y].[Y].[Y].[Y].[Y].[Y].[Y].[Y].[Y].[Y].[Y].[Y].[Y].[Y].[Y].[Y].[Y].[Y].[Y].[Y].[Y].[Y].[Y].[Y].[Y].[Y].[Y].[Y].[Y].[Y].[Y].[Y]. The molecule has 0 aromatic heterocycles. The van der Waals surface area contributed by atoms with Crippen LogP contribution in [0, 0.1) is 70.6 Å². The molecule has 0 fully saturated rings. The van der Waals surface area contributed by atoms with Crippen LogP contribution in [0.4, 0.5) is 0 Å². The summed E-state index contributed by atoms with van der Waals surface area (Å²) >= 11 is 0. The van der Waals surface area contributed by atoms with Gasteiger partial charge in [-0.15, -0.1) is 0 Å². The van der Waals surface area contributed by atoms with Crippen molar-refractivity contribution in [2.24, 2.45) is 29.1 Å². The van der Waals surface area contributed by atoms with E-state index in [1.807, 2.05) is 55.4 Å². The molecule has 0 rings (SSSR count). The molecule has 36 heteroatoms. The minimum absolute atomic E-state index is 0. The number of rotatable bonds is 4. The predicted molar refractivity (Wildman–Crippen MR) is 105 cm³/mol. The average molecular weight is 3500 g/mol. The van der Waals surface area contributed by atoms with Crippen molar-refractivity contribution in [3.8, 4) is 0 Å². The molecular formula is C21H46Y36-6. The van der Waals surface area contributed by atoms with Gasteiger partial charge in [0, 0.05) is 1180 Å². The molecule has 0 aromatic carbocycles. The van der Waals surface area contributed by atoms with Crippen molar-refractivity contribution in [2.45, 2.75) is 69.2 Å². The van der Waals surface area contributed by atoms with Gasteiger partial charge >= 0.3 is 0 Å². The average Bonchev–Trinajstić information content (AvgIpc) is 2.46. The fourth-order valence-electron chi connectivity index (χ4n) is 2.43. The van der Waals surface area contributed by atoms with Crippen molar-refractivity contribution in [2.75, 3.05) is 0 Å². The van der Waals surface area contributed by atoms with Crippen molar-refractivity contribution in [1.29, 1.82) is 0 Å². The Morgan fingerprint density at radius 3 is 0.246 bits per heavy atom. The van der Waals surface area contributed by atoms with Gasteiger partial charge in [-0.25, -0.2) is 0 Å². The Bertz CT molecular complexity index is 157. The summed E-state index contributed by atoms with van der Waals surface area (Å²) in [6, 6.07) is 0. The van der Waals surface area contributed by atoms with E-state index in [1.54, 1.807) is 0 Å². The molecule has 0 aromatic rings. The molecule has 0 nitrogen and oxygen atoms in total. The van der Waals surface area contributed by atoms with E-state index in [-0.39, 0.29) is 1210 Å². The molecule has 0 aliphatic heterocycles. The van der Waals surface area contributed by atoms with Crippen LogP contribution in [-0.2, 0) is 1180 Å². The summed E-state index contributed by atoms with van der Waals surface area (Å²) in [4.78, 5) is 0. The molecule has 0 saturated heterocycles. The van der Waals surface area contributed by atoms with E-state index in [0.29, 0.717) is 0 Å². The maximum Gasteiger partial charge on any atom is 0 e. The van der Waals surface area contributed by atoms with Gasteiger partial charge in [0.1, 0.15) is 0 Å². The Kier molecular flexibility index (Phi) is 1290. The van der Waals surface area contributed by atoms with E-state index >= 15 is 0 Å². The monoisotopic (exact) mass is 3500 g/mol. The Morgan fingerprint density at radius 1 is 0.193 bits per heavy atom. The van der Waals surface area contributed by atoms with Gasteiger partial charge in [-0.2, -0.15) is 17.3 Å². The van der Waals surface area contributed by atoms with E-state index in [9.17, 15) is 0 Å². The Hall–Kier alpha value is 39.7. The van der Waals surface area contributed by atoms with E-state index < -0.39 is 0 Å². The second-order valence-corrected chi connectivity index (χ2v) is 4.20. The maximum absolute atomic E-state index is 4.07. The van der Waals surface area contributed by atoms with E-state index in [1.165, 1.54) is 0 Å². The smallest absolute Gasteiger partial charge is 0 e. The van der Waals surface area contributed by atoms with Crippen LogP contribution in [0.15, 0.2) is 0 Å². The van der Waals surface area contributed by atoms with Gasteiger partial charge in [-0.1, -0.05) is 69.2 Å². The first-order valence-corrected chi connectivity index (χ1v) is 8.76. The van der Waals surface area contributed by atoms with Gasteiger partial charge in [-0.05, 0) is 0 Å². The molecule has 0 amide bonds. The predicted octanol–water partition coefficient (Wildman–Crippen LogP) is 7.50. The van der Waals surface area contributed by atoms with Crippen LogP contribution in [0.3, 0.4) is 0 Å². The first kappa shape index (κ1) is 285. The summed E-state index contributed by atoms with van der Waals surface area (Å²) in [6.07, 6.45) is 0. The zero-order chi connectivity index (χ0) is 18.8. The molecule has 0 N–H and O–H groups in total. The summed E-state index contributed by atoms with van der Waals surface area (Å²) in [5.41, 5.74) is -0.167. The second-order valence-electron chi connectivity index (χ2n) is 4.20. The van der Waals surface area contributed by atoms with Crippen molar-refractivity contribution < 1.29 is 1180 Å². The van der Waals surface area contributed by atoms with Crippen LogP contribution >= 0.6 is 0 Å². The van der Waals surface area contributed by atoms with Gasteiger partial charge < -0.3 is 53.4 Å². The first-order valence-electron chi connectivity index (χ1n) is 8.76. The molecule has 244 valence electrons. The minimum atomic E-state index is -0.167. The van der Waals surface area contributed by atoms with Crippen LogP contribution in [0.2, 0.25) is 0 Å². The normalized spacial score (nSPS) is 4.53. The van der Waals surface area contributed by atoms with Gasteiger partial charge in [0.25, 0.3) is 0 Å². The summed E-state index contributed by atoms with van der Waals surface area (Å²) in [5, 5.41) is 0. The Morgan fingerprint density at radius 2 is 0.246 bits per heavy atom. The first-order chi connectivity index (χ1) is 9.77. The Labute approximate surface area is 1270 Å². The molecule has 2 atom stereocenters. The fraction of sp³-hybridized carbons (Fsp3) is 0.714. The summed E-state index contributed by atoms with van der Waals surface area (Å²) in [7, 11) is 0. The van der Waals surface area contributed by atoms with Crippen molar-refractivity contribution in [1.82, 2.24) is 0 Å². The third-order valence-corrected chi connectivity index (χ3v) is 3.12. The van der Waals surface area contributed by atoms with E-state index in [4.69, 9.17) is 0 Å². The van der Waals surface area contributed by atoms with Crippen LogP contribution < -0.4 is 0 Å². The van der Waals surface area contributed by atoms with Crippen LogP contribution in [0.25, 0.3) is 0 Å². The van der Waals surface area contributed by atoms with Gasteiger partial charge in [-0.3, -0.25) is 0 Å². The second kappa shape index (κ2) is 258. The number of hydrogen-bond donors (Lipinski definition) is 0. The molecule has 57 heavy (non-hydrogen) atoms. The van der Waals surface area contributed by atoms with Crippen LogP contribution in [0.5, 0.6) is 0 Å². The van der Waals surface area contributed by atoms with Gasteiger partial charge in [0.2, 0.25) is 0 Å². The van der Waals surface area contributed by atoms with Crippen LogP contribution in [0.1, 0.15) is 69.2 Å². The molecule has 0 aliphatic rings. The summed E-state index contributed by atoms with van der Waals surface area (Å²) < 4.78 is 0. The van der Waals surface area contributed by atoms with Crippen molar-refractivity contribution in [3.63, 3.8) is 0 Å². The Balaban J connectivity index is -0.00000000142. The molecule has 0 bridgehead atoms. The summed E-state index contributed by atoms with van der Waals surface area (Å²) in [5.74, 6) is 0.458. The zero-order valence-electron chi connectivity index (χ0n) is 37.8. The molecule has 2 unspecified atom stereocenters. The third kappa shape index (κ3) is 207. The fourth-order valence-corrected chi connectivity index (χ4v) is 2.43. The van der Waals surface area contributed by atoms with Crippen molar-refractivity contribution >= 4 is 0 Å². The molecule has 0 saturated carbocycles. The molecular weight excluding hydrogens is 3450 g/mol. The van der Waals surface area contributed by atoms with Crippen LogP contribution in [-0.4, -0.2) is 0 Å². The number of hydrogen-bond acceptors (Lipinski definition) is 0. The quantitative estimate of drug-likeness (QED) is 0.256. The molecule has 36 radical (unpaired) electrons. The molecule has 0 heterocycles. The van der Waals surface area contributed by atoms with Crippen molar-refractivity contribution in [3.05, 3.63) is 41.5 Å². The van der Waals surface area contributed by atoms with Gasteiger partial charge in [0.05, 0.1) is 0 Å². The molecule has 0 aliphatic carbocycles. The maximum atomic E-state index is 4.07. The van der Waals surface area contributed by atoms with E-state index in [0.717, 1.165) is 0 Å². The van der Waals surface area contributed by atoms with Gasteiger partial charge in [0.15, 0.2) is 0 Å².